The molecule has 1 aromatic heterocycles. The molecule has 0 spiro atoms. The number of nitrogens with zero attached hydrogens (tertiary/aromatic N) is 2. The van der Waals surface area contributed by atoms with E-state index in [4.69, 9.17) is 9.47 Å². The zero-order valence-corrected chi connectivity index (χ0v) is 15.6. The summed E-state index contributed by atoms with van der Waals surface area (Å²) in [5.74, 6) is 1.81. The van der Waals surface area contributed by atoms with Gasteiger partial charge in [0.05, 0.1) is 12.2 Å². The van der Waals surface area contributed by atoms with Crippen molar-refractivity contribution in [3.63, 3.8) is 0 Å². The average Bonchev–Trinajstić information content (AvgIpc) is 3.34. The zero-order valence-electron chi connectivity index (χ0n) is 15.6. The van der Waals surface area contributed by atoms with Crippen LogP contribution in [0.25, 0.3) is 0 Å². The fourth-order valence-corrected chi connectivity index (χ4v) is 4.04. The monoisotopic (exact) mass is 375 g/mol. The van der Waals surface area contributed by atoms with Crippen LogP contribution in [-0.2, 0) is 6.42 Å². The highest BCUT2D eigenvalue weighted by atomic mass is 16.7. The Morgan fingerprint density at radius 2 is 2.04 bits per heavy atom. The van der Waals surface area contributed by atoms with E-state index in [0.29, 0.717) is 17.1 Å². The van der Waals surface area contributed by atoms with Gasteiger partial charge in [0.15, 0.2) is 11.5 Å². The first kappa shape index (κ1) is 16.9. The number of aromatic nitrogens is 2. The van der Waals surface area contributed by atoms with Crippen LogP contribution < -0.4 is 14.8 Å². The summed E-state index contributed by atoms with van der Waals surface area (Å²) in [5, 5.41) is 7.66. The SMILES string of the molecule is Cc1cnn(C2CCCc3ccccc32)c1NC(=O)c1ccc2c(c1)OCO2. The van der Waals surface area contributed by atoms with Gasteiger partial charge in [0, 0.05) is 11.1 Å². The Balaban J connectivity index is 1.46. The fourth-order valence-electron chi connectivity index (χ4n) is 4.04. The Labute approximate surface area is 163 Å². The van der Waals surface area contributed by atoms with Crippen molar-refractivity contribution in [1.29, 1.82) is 0 Å². The topological polar surface area (TPSA) is 65.4 Å². The number of hydrogen-bond donors (Lipinski definition) is 1. The van der Waals surface area contributed by atoms with Crippen molar-refractivity contribution in [2.45, 2.75) is 32.2 Å². The van der Waals surface area contributed by atoms with Gasteiger partial charge >= 0.3 is 0 Å². The molecule has 2 aliphatic rings. The molecule has 1 aliphatic carbocycles. The molecule has 1 aliphatic heterocycles. The van der Waals surface area contributed by atoms with Crippen LogP contribution in [0.2, 0.25) is 0 Å². The number of hydrogen-bond acceptors (Lipinski definition) is 4. The molecule has 3 aromatic rings. The maximum atomic E-state index is 12.9. The van der Waals surface area contributed by atoms with Crippen LogP contribution in [0.5, 0.6) is 11.5 Å². The lowest BCUT2D eigenvalue weighted by atomic mass is 9.88. The van der Waals surface area contributed by atoms with E-state index in [1.54, 1.807) is 18.2 Å². The minimum atomic E-state index is -0.188. The van der Waals surface area contributed by atoms with E-state index in [9.17, 15) is 4.79 Å². The predicted molar refractivity (Wildman–Crippen MR) is 105 cm³/mol. The van der Waals surface area contributed by atoms with Crippen LogP contribution in [0.1, 0.15) is 45.9 Å². The molecule has 5 rings (SSSR count). The van der Waals surface area contributed by atoms with Gasteiger partial charge in [-0.2, -0.15) is 5.10 Å². The Morgan fingerprint density at radius 1 is 1.18 bits per heavy atom. The molecule has 0 fully saturated rings. The lowest BCUT2D eigenvalue weighted by Crippen LogP contribution is -2.22. The van der Waals surface area contributed by atoms with Gasteiger partial charge in [-0.25, -0.2) is 4.68 Å². The van der Waals surface area contributed by atoms with E-state index in [0.717, 1.165) is 30.6 Å². The summed E-state index contributed by atoms with van der Waals surface area (Å²) in [7, 11) is 0. The molecule has 0 saturated carbocycles. The normalized spacial score (nSPS) is 17.2. The Hall–Kier alpha value is -3.28. The van der Waals surface area contributed by atoms with Gasteiger partial charge in [-0.05, 0) is 55.5 Å². The van der Waals surface area contributed by atoms with Gasteiger partial charge in [-0.3, -0.25) is 4.79 Å². The summed E-state index contributed by atoms with van der Waals surface area (Å²) in [4.78, 5) is 12.9. The first-order valence-electron chi connectivity index (χ1n) is 9.53. The van der Waals surface area contributed by atoms with Crippen LogP contribution in [0.4, 0.5) is 5.82 Å². The molecular weight excluding hydrogens is 354 g/mol. The number of aryl methyl sites for hydroxylation is 2. The molecule has 0 saturated heterocycles. The second kappa shape index (κ2) is 6.71. The summed E-state index contributed by atoms with van der Waals surface area (Å²) in [5.41, 5.74) is 4.12. The molecule has 1 unspecified atom stereocenters. The lowest BCUT2D eigenvalue weighted by molar-refractivity contribution is 0.102. The Bertz CT molecular complexity index is 1060. The number of rotatable bonds is 3. The third-order valence-electron chi connectivity index (χ3n) is 5.48. The Morgan fingerprint density at radius 3 is 2.96 bits per heavy atom. The van der Waals surface area contributed by atoms with Gasteiger partial charge in [0.25, 0.3) is 5.91 Å². The van der Waals surface area contributed by atoms with Crippen LogP contribution in [0.15, 0.2) is 48.7 Å². The van der Waals surface area contributed by atoms with Crippen LogP contribution in [0, 0.1) is 6.92 Å². The maximum Gasteiger partial charge on any atom is 0.256 e. The molecule has 6 heteroatoms. The van der Waals surface area contributed by atoms with Crippen LogP contribution in [0.3, 0.4) is 0 Å². The molecule has 28 heavy (non-hydrogen) atoms. The van der Waals surface area contributed by atoms with E-state index in [1.807, 2.05) is 17.8 Å². The number of carbonyl (C=O) groups excluding carboxylic acids is 1. The van der Waals surface area contributed by atoms with E-state index in [-0.39, 0.29) is 18.7 Å². The third-order valence-corrected chi connectivity index (χ3v) is 5.48. The highest BCUT2D eigenvalue weighted by Crippen LogP contribution is 2.36. The lowest BCUT2D eigenvalue weighted by Gasteiger charge is -2.27. The van der Waals surface area contributed by atoms with Gasteiger partial charge < -0.3 is 14.8 Å². The highest BCUT2D eigenvalue weighted by Gasteiger charge is 2.26. The summed E-state index contributed by atoms with van der Waals surface area (Å²) in [6.07, 6.45) is 5.01. The van der Waals surface area contributed by atoms with E-state index in [1.165, 1.54) is 11.1 Å². The molecular formula is C22H21N3O3. The molecule has 2 aromatic carbocycles. The number of benzene rings is 2. The number of amides is 1. The second-order valence-corrected chi connectivity index (χ2v) is 7.25. The minimum absolute atomic E-state index is 0.130. The van der Waals surface area contributed by atoms with Crippen molar-refractivity contribution in [3.05, 3.63) is 70.9 Å². The molecule has 1 N–H and O–H groups in total. The number of fused-ring (bicyclic) bond motifs is 2. The fraction of sp³-hybridized carbons (Fsp3) is 0.273. The number of carbonyl (C=O) groups is 1. The highest BCUT2D eigenvalue weighted by molar-refractivity contribution is 6.04. The standard InChI is InChI=1S/C22H21N3O3/c1-14-12-23-25(18-8-4-6-15-5-2-3-7-17(15)18)21(14)24-22(26)16-9-10-19-20(11-16)28-13-27-19/h2-3,5,7,9-12,18H,4,6,8,13H2,1H3,(H,24,26). The summed E-state index contributed by atoms with van der Waals surface area (Å²) >= 11 is 0. The quantitative estimate of drug-likeness (QED) is 0.749. The maximum absolute atomic E-state index is 12.9. The zero-order chi connectivity index (χ0) is 19.1. The number of nitrogens with one attached hydrogen (secondary N) is 1. The summed E-state index contributed by atoms with van der Waals surface area (Å²) in [6, 6.07) is 13.8. The van der Waals surface area contributed by atoms with E-state index in [2.05, 4.69) is 34.7 Å². The van der Waals surface area contributed by atoms with Crippen molar-refractivity contribution in [2.24, 2.45) is 0 Å². The first-order chi connectivity index (χ1) is 13.7. The largest absolute Gasteiger partial charge is 0.454 e. The smallest absolute Gasteiger partial charge is 0.256 e. The van der Waals surface area contributed by atoms with Crippen molar-refractivity contribution in [2.75, 3.05) is 12.1 Å². The van der Waals surface area contributed by atoms with Crippen molar-refractivity contribution < 1.29 is 14.3 Å². The minimum Gasteiger partial charge on any atom is -0.454 e. The van der Waals surface area contributed by atoms with Crippen molar-refractivity contribution in [1.82, 2.24) is 9.78 Å². The molecule has 6 nitrogen and oxygen atoms in total. The molecule has 2 heterocycles. The third kappa shape index (κ3) is 2.81. The molecule has 142 valence electrons. The van der Waals surface area contributed by atoms with Crippen LogP contribution in [-0.4, -0.2) is 22.5 Å². The second-order valence-electron chi connectivity index (χ2n) is 7.25. The number of ether oxygens (including phenoxy) is 2. The molecule has 1 amide bonds. The Kier molecular flexibility index (Phi) is 4.04. The van der Waals surface area contributed by atoms with Gasteiger partial charge in [-0.15, -0.1) is 0 Å². The van der Waals surface area contributed by atoms with Gasteiger partial charge in [0.1, 0.15) is 5.82 Å². The number of anilines is 1. The van der Waals surface area contributed by atoms with Crippen molar-refractivity contribution in [3.8, 4) is 11.5 Å². The first-order valence-corrected chi connectivity index (χ1v) is 9.53. The van der Waals surface area contributed by atoms with E-state index >= 15 is 0 Å². The van der Waals surface area contributed by atoms with Crippen molar-refractivity contribution >= 4 is 11.7 Å². The van der Waals surface area contributed by atoms with Gasteiger partial charge in [0.2, 0.25) is 6.79 Å². The molecule has 0 radical (unpaired) electrons. The molecule has 1 atom stereocenters. The summed E-state index contributed by atoms with van der Waals surface area (Å²) in [6.45, 7) is 2.15. The predicted octanol–water partition coefficient (Wildman–Crippen LogP) is 4.10. The summed E-state index contributed by atoms with van der Waals surface area (Å²) < 4.78 is 12.7. The average molecular weight is 375 g/mol. The van der Waals surface area contributed by atoms with E-state index < -0.39 is 0 Å². The molecule has 0 bridgehead atoms. The van der Waals surface area contributed by atoms with Gasteiger partial charge in [-0.1, -0.05) is 24.3 Å². The van der Waals surface area contributed by atoms with Crippen LogP contribution >= 0.6 is 0 Å².